The molecule has 0 unspecified atom stereocenters. The van der Waals surface area contributed by atoms with Gasteiger partial charge in [-0.2, -0.15) is 0 Å². The molecule has 0 aliphatic heterocycles. The summed E-state index contributed by atoms with van der Waals surface area (Å²) in [6.07, 6.45) is 0. The number of rotatable bonds is 5. The molecule has 8 aromatic carbocycles. The lowest BCUT2D eigenvalue weighted by Crippen LogP contribution is -2.13. The molecule has 0 radical (unpaired) electrons. The van der Waals surface area contributed by atoms with Gasteiger partial charge < -0.3 is 13.9 Å². The normalized spacial score (nSPS) is 11.7. The molecule has 50 heavy (non-hydrogen) atoms. The van der Waals surface area contributed by atoms with E-state index in [2.05, 4.69) is 125 Å². The zero-order valence-corrected chi connectivity index (χ0v) is 26.9. The third kappa shape index (κ3) is 4.35. The molecule has 0 spiro atoms. The number of anilines is 3. The van der Waals surface area contributed by atoms with Crippen molar-refractivity contribution in [3.8, 4) is 16.8 Å². The Balaban J connectivity index is 1.19. The highest BCUT2D eigenvalue weighted by Crippen LogP contribution is 2.43. The van der Waals surface area contributed by atoms with Crippen LogP contribution in [0.4, 0.5) is 21.5 Å². The molecule has 0 bridgehead atoms. The van der Waals surface area contributed by atoms with Crippen molar-refractivity contribution in [2.75, 3.05) is 4.90 Å². The number of hydrogen-bond acceptors (Lipinski definition) is 2. The van der Waals surface area contributed by atoms with Crippen LogP contribution in [0.5, 0.6) is 0 Å². The third-order valence-electron chi connectivity index (χ3n) is 9.84. The van der Waals surface area contributed by atoms with E-state index in [1.165, 1.54) is 5.39 Å². The van der Waals surface area contributed by atoms with Crippen molar-refractivity contribution in [1.29, 1.82) is 0 Å². The first-order valence-corrected chi connectivity index (χ1v) is 16.8. The number of halogens is 1. The van der Waals surface area contributed by atoms with Gasteiger partial charge in [0.1, 0.15) is 17.0 Å². The topological polar surface area (TPSA) is 21.3 Å². The van der Waals surface area contributed by atoms with Gasteiger partial charge in [0.05, 0.1) is 22.4 Å². The summed E-state index contributed by atoms with van der Waals surface area (Å²) in [6, 6.07) is 59.9. The van der Waals surface area contributed by atoms with Crippen LogP contribution in [0.3, 0.4) is 0 Å². The van der Waals surface area contributed by atoms with Crippen LogP contribution in [0.1, 0.15) is 0 Å². The Morgan fingerprint density at radius 3 is 2.08 bits per heavy atom. The molecule has 3 nitrogen and oxygen atoms in total. The maximum absolute atomic E-state index is 15.9. The van der Waals surface area contributed by atoms with Crippen LogP contribution < -0.4 is 4.90 Å². The van der Waals surface area contributed by atoms with Crippen LogP contribution in [-0.2, 0) is 0 Å². The third-order valence-corrected chi connectivity index (χ3v) is 9.84. The molecule has 0 fully saturated rings. The molecule has 4 heteroatoms. The van der Waals surface area contributed by atoms with Crippen molar-refractivity contribution in [2.24, 2.45) is 0 Å². The maximum Gasteiger partial charge on any atom is 0.147 e. The summed E-state index contributed by atoms with van der Waals surface area (Å²) in [5.74, 6) is -0.255. The molecule has 10 rings (SSSR count). The van der Waals surface area contributed by atoms with Crippen molar-refractivity contribution in [2.45, 2.75) is 0 Å². The minimum absolute atomic E-state index is 0.255. The summed E-state index contributed by atoms with van der Waals surface area (Å²) < 4.78 is 24.3. The zero-order chi connectivity index (χ0) is 33.2. The molecular weight excluding hydrogens is 616 g/mol. The molecule has 2 aromatic heterocycles. The summed E-state index contributed by atoms with van der Waals surface area (Å²) in [4.78, 5) is 2.27. The van der Waals surface area contributed by atoms with Crippen LogP contribution in [0.25, 0.3) is 71.3 Å². The summed E-state index contributed by atoms with van der Waals surface area (Å²) in [7, 11) is 0. The average Bonchev–Trinajstić information content (AvgIpc) is 3.72. The van der Waals surface area contributed by atoms with Gasteiger partial charge >= 0.3 is 0 Å². The largest absolute Gasteiger partial charge is 0.455 e. The SMILES string of the molecule is Fc1cccc2c3ccccc3n(-c3ccccc3N(c3ccc(-c4cccc5c4oc4ccccc45)cc3)c3ccc4ccccc4c3)c12. The van der Waals surface area contributed by atoms with E-state index in [0.29, 0.717) is 5.52 Å². The van der Waals surface area contributed by atoms with Gasteiger partial charge in [-0.15, -0.1) is 0 Å². The molecular formula is C46H29FN2O. The van der Waals surface area contributed by atoms with Gasteiger partial charge in [0.25, 0.3) is 0 Å². The van der Waals surface area contributed by atoms with E-state index in [4.69, 9.17) is 4.42 Å². The minimum Gasteiger partial charge on any atom is -0.455 e. The van der Waals surface area contributed by atoms with Crippen molar-refractivity contribution in [3.63, 3.8) is 0 Å². The smallest absolute Gasteiger partial charge is 0.147 e. The van der Waals surface area contributed by atoms with Crippen LogP contribution in [0.2, 0.25) is 0 Å². The molecule has 0 saturated heterocycles. The maximum atomic E-state index is 15.9. The first kappa shape index (κ1) is 28.4. The number of para-hydroxylation sites is 6. The van der Waals surface area contributed by atoms with Gasteiger partial charge in [-0.1, -0.05) is 121 Å². The van der Waals surface area contributed by atoms with E-state index < -0.39 is 0 Å². The molecule has 0 amide bonds. The Labute approximate surface area is 287 Å². The van der Waals surface area contributed by atoms with E-state index >= 15 is 4.39 Å². The van der Waals surface area contributed by atoms with Crippen LogP contribution in [0, 0.1) is 5.82 Å². The van der Waals surface area contributed by atoms with Gasteiger partial charge in [0, 0.05) is 38.5 Å². The van der Waals surface area contributed by atoms with E-state index in [1.807, 2.05) is 48.5 Å². The number of benzene rings is 8. The van der Waals surface area contributed by atoms with Gasteiger partial charge in [0.15, 0.2) is 0 Å². The second-order valence-electron chi connectivity index (χ2n) is 12.7. The number of furan rings is 1. The van der Waals surface area contributed by atoms with Crippen molar-refractivity contribution in [3.05, 3.63) is 182 Å². The first-order valence-electron chi connectivity index (χ1n) is 16.8. The lowest BCUT2D eigenvalue weighted by Gasteiger charge is -2.29. The first-order chi connectivity index (χ1) is 24.7. The van der Waals surface area contributed by atoms with Crippen molar-refractivity contribution in [1.82, 2.24) is 4.57 Å². The molecule has 2 heterocycles. The molecule has 10 aromatic rings. The van der Waals surface area contributed by atoms with Gasteiger partial charge in [-0.3, -0.25) is 0 Å². The monoisotopic (exact) mass is 644 g/mol. The van der Waals surface area contributed by atoms with Crippen LogP contribution in [-0.4, -0.2) is 4.57 Å². The molecule has 0 atom stereocenters. The minimum atomic E-state index is -0.255. The highest BCUT2D eigenvalue weighted by Gasteiger charge is 2.22. The lowest BCUT2D eigenvalue weighted by atomic mass is 10.0. The Morgan fingerprint density at radius 1 is 0.500 bits per heavy atom. The predicted molar refractivity (Wildman–Crippen MR) is 206 cm³/mol. The Bertz CT molecular complexity index is 2900. The van der Waals surface area contributed by atoms with E-state index in [1.54, 1.807) is 12.1 Å². The van der Waals surface area contributed by atoms with Gasteiger partial charge in [-0.25, -0.2) is 4.39 Å². The second kappa shape index (κ2) is 11.2. The molecule has 236 valence electrons. The lowest BCUT2D eigenvalue weighted by molar-refractivity contribution is 0.635. The second-order valence-corrected chi connectivity index (χ2v) is 12.7. The average molecular weight is 645 g/mol. The van der Waals surface area contributed by atoms with Crippen LogP contribution in [0.15, 0.2) is 180 Å². The predicted octanol–water partition coefficient (Wildman–Crippen LogP) is 13.1. The summed E-state index contributed by atoms with van der Waals surface area (Å²) in [6.45, 7) is 0. The quantitative estimate of drug-likeness (QED) is 0.186. The molecule has 0 saturated carbocycles. The Hall–Kier alpha value is -6.65. The fourth-order valence-corrected chi connectivity index (χ4v) is 7.58. The van der Waals surface area contributed by atoms with Crippen molar-refractivity contribution >= 4 is 71.6 Å². The highest BCUT2D eigenvalue weighted by molar-refractivity contribution is 6.11. The molecule has 0 aliphatic carbocycles. The van der Waals surface area contributed by atoms with E-state index in [-0.39, 0.29) is 5.82 Å². The van der Waals surface area contributed by atoms with E-state index in [9.17, 15) is 0 Å². The van der Waals surface area contributed by atoms with Crippen LogP contribution >= 0.6 is 0 Å². The van der Waals surface area contributed by atoms with Gasteiger partial charge in [0.2, 0.25) is 0 Å². The van der Waals surface area contributed by atoms with Crippen molar-refractivity contribution < 1.29 is 8.81 Å². The Kier molecular flexibility index (Phi) is 6.36. The molecule has 0 N–H and O–H groups in total. The number of aromatic nitrogens is 1. The number of fused-ring (bicyclic) bond motifs is 7. The fourth-order valence-electron chi connectivity index (χ4n) is 7.58. The number of hydrogen-bond donors (Lipinski definition) is 0. The number of nitrogens with zero attached hydrogens (tertiary/aromatic N) is 2. The van der Waals surface area contributed by atoms with Gasteiger partial charge in [-0.05, 0) is 70.9 Å². The molecule has 0 aliphatic rings. The van der Waals surface area contributed by atoms with E-state index in [0.717, 1.165) is 77.5 Å². The summed E-state index contributed by atoms with van der Waals surface area (Å²) >= 11 is 0. The fraction of sp³-hybridized carbons (Fsp3) is 0. The highest BCUT2D eigenvalue weighted by atomic mass is 19.1. The summed E-state index contributed by atoms with van der Waals surface area (Å²) in [5.41, 5.74) is 9.19. The standard InChI is InChI=1S/C46H29FN2O/c47-40-18-10-16-38-36-13-3-5-19-41(36)49(45(38)40)43-21-7-6-20-42(43)48(34-28-23-30-11-1-2-12-32(30)29-34)33-26-24-31(25-27-33)35-15-9-17-39-37-14-4-8-22-44(37)50-46(35)39/h1-29H. The summed E-state index contributed by atoms with van der Waals surface area (Å²) in [5, 5.41) is 6.43. The zero-order valence-electron chi connectivity index (χ0n) is 26.9. The Morgan fingerprint density at radius 2 is 1.18 bits per heavy atom.